The predicted molar refractivity (Wildman–Crippen MR) is 166 cm³/mol. The van der Waals surface area contributed by atoms with E-state index in [1.165, 1.54) is 0 Å². The van der Waals surface area contributed by atoms with Crippen molar-refractivity contribution in [3.8, 4) is 0 Å². The molecule has 8 heteroatoms. The Morgan fingerprint density at radius 1 is 0.860 bits per heavy atom. The second-order valence-corrected chi connectivity index (χ2v) is 11.4. The Hall–Kier alpha value is -3.49. The number of benzene rings is 3. The van der Waals surface area contributed by atoms with E-state index in [4.69, 9.17) is 15.2 Å². The van der Waals surface area contributed by atoms with Crippen LogP contribution in [0.1, 0.15) is 58.9 Å². The zero-order chi connectivity index (χ0) is 29.9. The smallest absolute Gasteiger partial charge is 0.235 e. The lowest BCUT2D eigenvalue weighted by Crippen LogP contribution is -2.33. The number of morpholine rings is 2. The van der Waals surface area contributed by atoms with Gasteiger partial charge in [-0.2, -0.15) is 4.99 Å². The molecule has 2 aliphatic heterocycles. The van der Waals surface area contributed by atoms with Gasteiger partial charge in [-0.1, -0.05) is 78.9 Å². The lowest BCUT2D eigenvalue weighted by molar-refractivity contribution is -0.124. The third-order valence-electron chi connectivity index (χ3n) is 8.47. The normalized spacial score (nSPS) is 20.9. The second kappa shape index (κ2) is 15.8. The Morgan fingerprint density at radius 2 is 1.47 bits per heavy atom. The number of Topliss-reactive ketones (excluding diaryl/α,β-unsaturated/α-hetero) is 1. The van der Waals surface area contributed by atoms with Crippen LogP contribution in [0.4, 0.5) is 0 Å². The highest BCUT2D eigenvalue weighted by Crippen LogP contribution is 2.28. The molecule has 0 aromatic heterocycles. The third kappa shape index (κ3) is 8.77. The SMILES string of the molecule is NC(CC(CCc1ccccc1)C(=O)C(Cc1ccc(C2CNCCO2)cc1)N=C=O)c1ccc(C2CNCCO2)cc1. The van der Waals surface area contributed by atoms with E-state index in [9.17, 15) is 9.59 Å². The van der Waals surface area contributed by atoms with Crippen molar-refractivity contribution in [3.63, 3.8) is 0 Å². The number of aryl methyl sites for hydroxylation is 1. The second-order valence-electron chi connectivity index (χ2n) is 11.4. The molecule has 0 saturated carbocycles. The fraction of sp³-hybridized carbons (Fsp3) is 0.429. The summed E-state index contributed by atoms with van der Waals surface area (Å²) in [5.41, 5.74) is 12.0. The summed E-state index contributed by atoms with van der Waals surface area (Å²) in [7, 11) is 0. The average molecular weight is 583 g/mol. The van der Waals surface area contributed by atoms with Crippen LogP contribution < -0.4 is 16.4 Å². The van der Waals surface area contributed by atoms with Crippen LogP contribution in [0.15, 0.2) is 83.9 Å². The average Bonchev–Trinajstić information content (AvgIpc) is 3.07. The molecular formula is C35H42N4O4. The minimum Gasteiger partial charge on any atom is -0.371 e. The molecule has 3 aromatic carbocycles. The van der Waals surface area contributed by atoms with Gasteiger partial charge in [-0.25, -0.2) is 4.79 Å². The lowest BCUT2D eigenvalue weighted by Gasteiger charge is -2.25. The van der Waals surface area contributed by atoms with Gasteiger partial charge in [-0.3, -0.25) is 4.79 Å². The van der Waals surface area contributed by atoms with E-state index in [2.05, 4.69) is 39.9 Å². The molecule has 43 heavy (non-hydrogen) atoms. The Kier molecular flexibility index (Phi) is 11.4. The van der Waals surface area contributed by atoms with Crippen LogP contribution in [0.3, 0.4) is 0 Å². The maximum Gasteiger partial charge on any atom is 0.235 e. The zero-order valence-corrected chi connectivity index (χ0v) is 24.6. The maximum atomic E-state index is 14.0. The van der Waals surface area contributed by atoms with Gasteiger partial charge in [-0.05, 0) is 47.1 Å². The summed E-state index contributed by atoms with van der Waals surface area (Å²) in [6.45, 7) is 4.65. The summed E-state index contributed by atoms with van der Waals surface area (Å²) in [4.78, 5) is 29.5. The summed E-state index contributed by atoms with van der Waals surface area (Å²) in [6, 6.07) is 25.2. The van der Waals surface area contributed by atoms with Crippen molar-refractivity contribution in [1.82, 2.24) is 10.6 Å². The summed E-state index contributed by atoms with van der Waals surface area (Å²) >= 11 is 0. The number of hydrogen-bond acceptors (Lipinski definition) is 8. The quantitative estimate of drug-likeness (QED) is 0.205. The molecule has 0 aliphatic carbocycles. The van der Waals surface area contributed by atoms with Gasteiger partial charge in [0.25, 0.3) is 0 Å². The highest BCUT2D eigenvalue weighted by Gasteiger charge is 2.29. The summed E-state index contributed by atoms with van der Waals surface area (Å²) in [5, 5.41) is 6.71. The minimum absolute atomic E-state index is 0.0120. The molecule has 2 heterocycles. The number of rotatable bonds is 13. The largest absolute Gasteiger partial charge is 0.371 e. The molecule has 8 nitrogen and oxygen atoms in total. The number of hydrogen-bond donors (Lipinski definition) is 3. The van der Waals surface area contributed by atoms with Crippen molar-refractivity contribution in [2.45, 2.75) is 50.0 Å². The van der Waals surface area contributed by atoms with E-state index in [0.717, 1.165) is 60.4 Å². The van der Waals surface area contributed by atoms with Crippen molar-refractivity contribution in [2.24, 2.45) is 16.6 Å². The molecule has 2 aliphatic rings. The summed E-state index contributed by atoms with van der Waals surface area (Å²) in [5.74, 6) is -0.444. The first-order valence-corrected chi connectivity index (χ1v) is 15.3. The standard InChI is InChI=1S/C35H42N4O4/c36-31(27-12-14-29(15-13-27)34-23-38-17-19-43-34)21-30(11-6-25-4-2-1-3-5-25)35(41)32(39-24-40)20-26-7-9-28(10-8-26)33-22-37-16-18-42-33/h1-5,7-10,12-15,30-34,37-38H,6,11,16-23,36H2. The monoisotopic (exact) mass is 582 g/mol. The van der Waals surface area contributed by atoms with Gasteiger partial charge in [-0.15, -0.1) is 0 Å². The minimum atomic E-state index is -0.817. The Labute approximate surface area is 254 Å². The number of ether oxygens (including phenoxy) is 2. The van der Waals surface area contributed by atoms with Crippen LogP contribution in [0.5, 0.6) is 0 Å². The Morgan fingerprint density at radius 3 is 2.02 bits per heavy atom. The van der Waals surface area contributed by atoms with E-state index in [1.54, 1.807) is 6.08 Å². The topological polar surface area (TPSA) is 115 Å². The first-order valence-electron chi connectivity index (χ1n) is 15.3. The van der Waals surface area contributed by atoms with Gasteiger partial charge in [0, 0.05) is 44.6 Å². The summed E-state index contributed by atoms with van der Waals surface area (Å²) < 4.78 is 11.7. The fourth-order valence-corrected chi connectivity index (χ4v) is 5.96. The van der Waals surface area contributed by atoms with Gasteiger partial charge >= 0.3 is 0 Å². The molecule has 5 rings (SSSR count). The molecular weight excluding hydrogens is 540 g/mol. The highest BCUT2D eigenvalue weighted by atomic mass is 16.5. The van der Waals surface area contributed by atoms with E-state index >= 15 is 0 Å². The van der Waals surface area contributed by atoms with E-state index in [-0.39, 0.29) is 30.0 Å². The van der Waals surface area contributed by atoms with Gasteiger partial charge in [0.05, 0.1) is 25.4 Å². The Balaban J connectivity index is 1.29. The van der Waals surface area contributed by atoms with E-state index in [1.807, 2.05) is 54.6 Å². The third-order valence-corrected chi connectivity index (χ3v) is 8.47. The lowest BCUT2D eigenvalue weighted by atomic mass is 9.83. The maximum absolute atomic E-state index is 14.0. The number of nitrogens with two attached hydrogens (primary N) is 1. The number of ketones is 1. The van der Waals surface area contributed by atoms with Crippen LogP contribution in [0.25, 0.3) is 0 Å². The number of isocyanates is 1. The molecule has 226 valence electrons. The van der Waals surface area contributed by atoms with Crippen molar-refractivity contribution in [3.05, 3.63) is 107 Å². The molecule has 0 bridgehead atoms. The van der Waals surface area contributed by atoms with Crippen LogP contribution in [-0.4, -0.2) is 57.3 Å². The Bertz CT molecular complexity index is 1330. The molecule has 3 aromatic rings. The number of carbonyl (C=O) groups is 1. The van der Waals surface area contributed by atoms with Crippen molar-refractivity contribution in [1.29, 1.82) is 0 Å². The van der Waals surface area contributed by atoms with Gasteiger partial charge in [0.1, 0.15) is 6.04 Å². The fourth-order valence-electron chi connectivity index (χ4n) is 5.96. The van der Waals surface area contributed by atoms with E-state index < -0.39 is 6.04 Å². The molecule has 5 unspecified atom stereocenters. The number of nitrogens with one attached hydrogen (secondary N) is 2. The van der Waals surface area contributed by atoms with E-state index in [0.29, 0.717) is 32.5 Å². The highest BCUT2D eigenvalue weighted by molar-refractivity contribution is 5.87. The molecule has 0 spiro atoms. The summed E-state index contributed by atoms with van der Waals surface area (Å²) in [6.07, 6.45) is 3.85. The zero-order valence-electron chi connectivity index (χ0n) is 24.6. The molecule has 4 N–H and O–H groups in total. The van der Waals surface area contributed by atoms with Crippen molar-refractivity contribution in [2.75, 3.05) is 39.4 Å². The molecule has 0 amide bonds. The molecule has 2 saturated heterocycles. The van der Waals surface area contributed by atoms with Crippen LogP contribution in [0, 0.1) is 5.92 Å². The van der Waals surface area contributed by atoms with Gasteiger partial charge < -0.3 is 25.8 Å². The van der Waals surface area contributed by atoms with Crippen molar-refractivity contribution >= 4 is 11.9 Å². The number of nitrogens with zero attached hydrogens (tertiary/aromatic N) is 1. The molecule has 2 fully saturated rings. The van der Waals surface area contributed by atoms with Crippen molar-refractivity contribution < 1.29 is 19.1 Å². The molecule has 0 radical (unpaired) electrons. The van der Waals surface area contributed by atoms with Crippen LogP contribution in [-0.2, 0) is 31.9 Å². The first kappa shape index (κ1) is 31.0. The molecule has 5 atom stereocenters. The number of aliphatic imine (C=N–C) groups is 1. The van der Waals surface area contributed by atoms with Gasteiger partial charge in [0.15, 0.2) is 5.78 Å². The van der Waals surface area contributed by atoms with Gasteiger partial charge in [0.2, 0.25) is 6.08 Å². The first-order chi connectivity index (χ1) is 21.1. The predicted octanol–water partition coefficient (Wildman–Crippen LogP) is 4.16. The van der Waals surface area contributed by atoms with Crippen LogP contribution in [0.2, 0.25) is 0 Å². The van der Waals surface area contributed by atoms with Crippen LogP contribution >= 0.6 is 0 Å². The number of carbonyl (C=O) groups excluding carboxylic acids is 2.